The fraction of sp³-hybridized carbons (Fsp3) is 0. The van der Waals surface area contributed by atoms with E-state index in [1.54, 1.807) is 18.3 Å². The van der Waals surface area contributed by atoms with Gasteiger partial charge in [0.25, 0.3) is 0 Å². The number of rotatable bonds is 3. The van der Waals surface area contributed by atoms with Gasteiger partial charge in [-0.25, -0.2) is 4.98 Å². The van der Waals surface area contributed by atoms with E-state index in [2.05, 4.69) is 25.3 Å². The molecule has 0 unspecified atom stereocenters. The zero-order chi connectivity index (χ0) is 14.7. The molecule has 0 saturated heterocycles. The minimum absolute atomic E-state index is 0.133. The van der Waals surface area contributed by atoms with Crippen LogP contribution in [0.4, 0.5) is 17.7 Å². The number of pyridine rings is 1. The van der Waals surface area contributed by atoms with Crippen molar-refractivity contribution >= 4 is 29.3 Å². The molecular formula is C14H11ClN6. The smallest absolute Gasteiger partial charge is 0.233 e. The molecule has 3 rings (SSSR count). The lowest BCUT2D eigenvalue weighted by atomic mass is 10.2. The molecule has 0 spiro atoms. The lowest BCUT2D eigenvalue weighted by Crippen LogP contribution is -2.05. The van der Waals surface area contributed by atoms with Crippen LogP contribution in [0.15, 0.2) is 48.7 Å². The summed E-state index contributed by atoms with van der Waals surface area (Å²) in [5, 5.41) is 3.63. The first-order valence-electron chi connectivity index (χ1n) is 6.16. The molecule has 0 fully saturated rings. The van der Waals surface area contributed by atoms with Gasteiger partial charge in [0, 0.05) is 16.8 Å². The fourth-order valence-corrected chi connectivity index (χ4v) is 1.85. The molecule has 104 valence electrons. The molecule has 0 saturated carbocycles. The monoisotopic (exact) mass is 298 g/mol. The Balaban J connectivity index is 1.94. The minimum atomic E-state index is 0.133. The predicted octanol–water partition coefficient (Wildman–Crippen LogP) is 2.91. The number of benzene rings is 1. The molecule has 0 aliphatic heterocycles. The van der Waals surface area contributed by atoms with Crippen molar-refractivity contribution in [2.75, 3.05) is 11.1 Å². The maximum absolute atomic E-state index is 5.87. The van der Waals surface area contributed by atoms with Crippen molar-refractivity contribution in [2.45, 2.75) is 0 Å². The number of aromatic nitrogens is 4. The van der Waals surface area contributed by atoms with Crippen molar-refractivity contribution in [1.29, 1.82) is 0 Å². The van der Waals surface area contributed by atoms with Crippen LogP contribution in [0.25, 0.3) is 11.4 Å². The van der Waals surface area contributed by atoms with Gasteiger partial charge in [0.05, 0.1) is 0 Å². The van der Waals surface area contributed by atoms with Gasteiger partial charge in [0.15, 0.2) is 5.82 Å². The van der Waals surface area contributed by atoms with E-state index < -0.39 is 0 Å². The van der Waals surface area contributed by atoms with E-state index in [-0.39, 0.29) is 5.95 Å². The minimum Gasteiger partial charge on any atom is -0.368 e. The van der Waals surface area contributed by atoms with Crippen LogP contribution >= 0.6 is 11.6 Å². The molecule has 2 aromatic heterocycles. The van der Waals surface area contributed by atoms with Crippen molar-refractivity contribution in [1.82, 2.24) is 19.9 Å². The van der Waals surface area contributed by atoms with Gasteiger partial charge < -0.3 is 11.1 Å². The number of nitrogen functional groups attached to an aromatic ring is 1. The SMILES string of the molecule is Nc1nc(Nc2ccccn2)nc(-c2ccc(Cl)cc2)n1. The highest BCUT2D eigenvalue weighted by Gasteiger charge is 2.07. The van der Waals surface area contributed by atoms with Crippen LogP contribution in [0.1, 0.15) is 0 Å². The van der Waals surface area contributed by atoms with Crippen molar-refractivity contribution in [3.05, 3.63) is 53.7 Å². The molecule has 0 bridgehead atoms. The van der Waals surface area contributed by atoms with Gasteiger partial charge >= 0.3 is 0 Å². The first-order chi connectivity index (χ1) is 10.2. The van der Waals surface area contributed by atoms with Gasteiger partial charge in [0.1, 0.15) is 5.82 Å². The summed E-state index contributed by atoms with van der Waals surface area (Å²) in [6.45, 7) is 0. The largest absolute Gasteiger partial charge is 0.368 e. The van der Waals surface area contributed by atoms with Crippen molar-refractivity contribution < 1.29 is 0 Å². The van der Waals surface area contributed by atoms with Crippen LogP contribution in [0.5, 0.6) is 0 Å². The van der Waals surface area contributed by atoms with Crippen LogP contribution in [-0.4, -0.2) is 19.9 Å². The molecule has 0 aliphatic rings. The first kappa shape index (κ1) is 13.3. The molecule has 3 N–H and O–H groups in total. The van der Waals surface area contributed by atoms with E-state index in [1.807, 2.05) is 30.3 Å². The van der Waals surface area contributed by atoms with Gasteiger partial charge in [-0.1, -0.05) is 17.7 Å². The summed E-state index contributed by atoms with van der Waals surface area (Å²) in [7, 11) is 0. The van der Waals surface area contributed by atoms with E-state index >= 15 is 0 Å². The van der Waals surface area contributed by atoms with E-state index in [0.29, 0.717) is 22.6 Å². The first-order valence-corrected chi connectivity index (χ1v) is 6.54. The van der Waals surface area contributed by atoms with Gasteiger partial charge in [-0.3, -0.25) is 0 Å². The van der Waals surface area contributed by atoms with Crippen LogP contribution in [0.3, 0.4) is 0 Å². The zero-order valence-corrected chi connectivity index (χ0v) is 11.6. The summed E-state index contributed by atoms with van der Waals surface area (Å²) < 4.78 is 0. The molecule has 21 heavy (non-hydrogen) atoms. The summed E-state index contributed by atoms with van der Waals surface area (Å²) in [5.74, 6) is 1.57. The van der Waals surface area contributed by atoms with E-state index in [4.69, 9.17) is 17.3 Å². The summed E-state index contributed by atoms with van der Waals surface area (Å²) >= 11 is 5.87. The number of nitrogens with one attached hydrogen (secondary N) is 1. The van der Waals surface area contributed by atoms with Gasteiger partial charge in [-0.2, -0.15) is 15.0 Å². The number of nitrogens with two attached hydrogens (primary N) is 1. The van der Waals surface area contributed by atoms with Crippen molar-refractivity contribution in [3.8, 4) is 11.4 Å². The Hall–Kier alpha value is -2.73. The molecule has 1 aromatic carbocycles. The zero-order valence-electron chi connectivity index (χ0n) is 10.9. The molecule has 6 nitrogen and oxygen atoms in total. The second-order valence-corrected chi connectivity index (χ2v) is 4.62. The number of anilines is 3. The van der Waals surface area contributed by atoms with Crippen molar-refractivity contribution in [3.63, 3.8) is 0 Å². The summed E-state index contributed by atoms with van der Waals surface area (Å²) in [5.41, 5.74) is 6.53. The quantitative estimate of drug-likeness (QED) is 0.773. The maximum Gasteiger partial charge on any atom is 0.233 e. The Morgan fingerprint density at radius 2 is 1.76 bits per heavy atom. The van der Waals surface area contributed by atoms with Crippen LogP contribution in [-0.2, 0) is 0 Å². The molecule has 3 aromatic rings. The second-order valence-electron chi connectivity index (χ2n) is 4.19. The number of halogens is 1. The Morgan fingerprint density at radius 1 is 0.952 bits per heavy atom. The Labute approximate surface area is 126 Å². The third-order valence-electron chi connectivity index (χ3n) is 2.66. The summed E-state index contributed by atoms with van der Waals surface area (Å²) in [6.07, 6.45) is 1.67. The average molecular weight is 299 g/mol. The fourth-order valence-electron chi connectivity index (χ4n) is 1.73. The Kier molecular flexibility index (Phi) is 3.61. The van der Waals surface area contributed by atoms with E-state index in [9.17, 15) is 0 Å². The molecular weight excluding hydrogens is 288 g/mol. The second kappa shape index (κ2) is 5.72. The Morgan fingerprint density at radius 3 is 2.48 bits per heavy atom. The lowest BCUT2D eigenvalue weighted by molar-refractivity contribution is 1.07. The molecule has 7 heteroatoms. The molecule has 0 radical (unpaired) electrons. The third kappa shape index (κ3) is 3.24. The third-order valence-corrected chi connectivity index (χ3v) is 2.91. The molecule has 0 atom stereocenters. The van der Waals surface area contributed by atoms with Gasteiger partial charge in [-0.15, -0.1) is 0 Å². The van der Waals surface area contributed by atoms with Gasteiger partial charge in [0.2, 0.25) is 11.9 Å². The molecule has 2 heterocycles. The Bertz CT molecular complexity index is 745. The van der Waals surface area contributed by atoms with E-state index in [0.717, 1.165) is 5.56 Å². The number of hydrogen-bond donors (Lipinski definition) is 2. The van der Waals surface area contributed by atoms with Crippen molar-refractivity contribution in [2.24, 2.45) is 0 Å². The highest BCUT2D eigenvalue weighted by Crippen LogP contribution is 2.20. The maximum atomic E-state index is 5.87. The number of nitrogens with zero attached hydrogens (tertiary/aromatic N) is 4. The van der Waals surface area contributed by atoms with Crippen LogP contribution < -0.4 is 11.1 Å². The van der Waals surface area contributed by atoms with Gasteiger partial charge in [-0.05, 0) is 36.4 Å². The molecule has 0 aliphatic carbocycles. The topological polar surface area (TPSA) is 89.6 Å². The number of hydrogen-bond acceptors (Lipinski definition) is 6. The summed E-state index contributed by atoms with van der Waals surface area (Å²) in [4.78, 5) is 16.7. The van der Waals surface area contributed by atoms with Crippen LogP contribution in [0.2, 0.25) is 5.02 Å². The summed E-state index contributed by atoms with van der Waals surface area (Å²) in [6, 6.07) is 12.7. The highest BCUT2D eigenvalue weighted by molar-refractivity contribution is 6.30. The standard InChI is InChI=1S/C14H11ClN6/c15-10-6-4-9(5-7-10)12-19-13(16)21-14(20-12)18-11-3-1-2-8-17-11/h1-8H,(H3,16,17,18,19,20,21). The normalized spacial score (nSPS) is 10.3. The van der Waals surface area contributed by atoms with E-state index in [1.165, 1.54) is 0 Å². The average Bonchev–Trinajstić information content (AvgIpc) is 2.48. The van der Waals surface area contributed by atoms with Crippen LogP contribution in [0, 0.1) is 0 Å². The molecule has 0 amide bonds. The highest BCUT2D eigenvalue weighted by atomic mass is 35.5. The predicted molar refractivity (Wildman–Crippen MR) is 82.2 cm³/mol. The lowest BCUT2D eigenvalue weighted by Gasteiger charge is -2.06.